The van der Waals surface area contributed by atoms with E-state index in [0.717, 1.165) is 12.5 Å². The van der Waals surface area contributed by atoms with Crippen molar-refractivity contribution in [1.82, 2.24) is 10.2 Å². The number of benzene rings is 1. The summed E-state index contributed by atoms with van der Waals surface area (Å²) in [5.41, 5.74) is 4.53. The first-order valence-electron chi connectivity index (χ1n) is 8.86. The average Bonchev–Trinajstić information content (AvgIpc) is 2.64. The summed E-state index contributed by atoms with van der Waals surface area (Å²) in [5.74, 6) is -0.931. The van der Waals surface area contributed by atoms with Crippen molar-refractivity contribution >= 4 is 24.2 Å². The maximum Gasteiger partial charge on any atom is 0.257 e. The van der Waals surface area contributed by atoms with Gasteiger partial charge in [-0.2, -0.15) is 0 Å². The molecule has 150 valence electrons. The lowest BCUT2D eigenvalue weighted by molar-refractivity contribution is -0.147. The largest absolute Gasteiger partial charge is 0.491 e. The molecule has 0 aliphatic carbocycles. The van der Waals surface area contributed by atoms with E-state index in [1.807, 2.05) is 0 Å². The number of aliphatic hydroxyl groups is 1. The molecule has 2 heterocycles. The molecule has 2 atom stereocenters. The van der Waals surface area contributed by atoms with Gasteiger partial charge in [-0.05, 0) is 37.5 Å². The van der Waals surface area contributed by atoms with E-state index in [0.29, 0.717) is 25.9 Å². The second kappa shape index (κ2) is 8.86. The Kier molecular flexibility index (Phi) is 7.02. The Morgan fingerprint density at radius 2 is 2.26 bits per heavy atom. The third-order valence-corrected chi connectivity index (χ3v) is 5.16. The molecule has 27 heavy (non-hydrogen) atoms. The van der Waals surface area contributed by atoms with Gasteiger partial charge in [-0.1, -0.05) is 0 Å². The van der Waals surface area contributed by atoms with Crippen molar-refractivity contribution in [2.24, 2.45) is 11.1 Å². The predicted octanol–water partition coefficient (Wildman–Crippen LogP) is 0.688. The van der Waals surface area contributed by atoms with Gasteiger partial charge in [0.25, 0.3) is 5.91 Å². The Bertz CT molecular complexity index is 705. The molecule has 0 saturated carbocycles. The second-order valence-corrected chi connectivity index (χ2v) is 6.82. The van der Waals surface area contributed by atoms with E-state index in [9.17, 15) is 19.1 Å². The Morgan fingerprint density at radius 3 is 2.96 bits per heavy atom. The first-order valence-corrected chi connectivity index (χ1v) is 8.86. The van der Waals surface area contributed by atoms with E-state index in [4.69, 9.17) is 10.5 Å². The molecular formula is C18H25ClFN3O4. The zero-order valence-corrected chi connectivity index (χ0v) is 15.8. The standard InChI is InChI=1S/C18H24FN3O4.ClH/c19-12-2-3-14(26-9-6-20)13(10-12)16(24)22-8-4-15(23)18(11-22)5-1-7-21-17(18)25;/h2-3,10,15,23H,1,4-9,11,20H2,(H,21,25);1H/t15-,18+;/m0./s1. The molecule has 2 saturated heterocycles. The van der Waals surface area contributed by atoms with Crippen molar-refractivity contribution in [3.05, 3.63) is 29.6 Å². The highest BCUT2D eigenvalue weighted by Crippen LogP contribution is 2.38. The number of nitrogens with two attached hydrogens (primary N) is 1. The summed E-state index contributed by atoms with van der Waals surface area (Å²) in [5, 5.41) is 13.2. The van der Waals surface area contributed by atoms with Crippen LogP contribution >= 0.6 is 12.4 Å². The average molecular weight is 402 g/mol. The number of aliphatic hydroxyl groups excluding tert-OH is 1. The minimum Gasteiger partial charge on any atom is -0.491 e. The van der Waals surface area contributed by atoms with Crippen LogP contribution in [-0.4, -0.2) is 60.7 Å². The van der Waals surface area contributed by atoms with Gasteiger partial charge >= 0.3 is 0 Å². The van der Waals surface area contributed by atoms with E-state index in [1.54, 1.807) is 0 Å². The monoisotopic (exact) mass is 401 g/mol. The predicted molar refractivity (Wildman–Crippen MR) is 99.4 cm³/mol. The number of rotatable bonds is 4. The number of halogens is 2. The molecule has 0 bridgehead atoms. The van der Waals surface area contributed by atoms with Crippen molar-refractivity contribution in [1.29, 1.82) is 0 Å². The van der Waals surface area contributed by atoms with Gasteiger partial charge in [-0.25, -0.2) is 4.39 Å². The normalized spacial score (nSPS) is 24.9. The molecule has 2 amide bonds. The zero-order valence-electron chi connectivity index (χ0n) is 14.9. The molecule has 7 nitrogen and oxygen atoms in total. The number of piperidine rings is 2. The first kappa shape index (κ1) is 21.4. The summed E-state index contributed by atoms with van der Waals surface area (Å²) in [6.45, 7) is 1.44. The molecule has 0 unspecified atom stereocenters. The van der Waals surface area contributed by atoms with Crippen molar-refractivity contribution in [3.8, 4) is 5.75 Å². The molecule has 1 aromatic rings. The number of carbonyl (C=O) groups is 2. The van der Waals surface area contributed by atoms with E-state index < -0.39 is 23.2 Å². The summed E-state index contributed by atoms with van der Waals surface area (Å²) >= 11 is 0. The van der Waals surface area contributed by atoms with E-state index >= 15 is 0 Å². The van der Waals surface area contributed by atoms with Gasteiger partial charge in [0.05, 0.1) is 17.1 Å². The van der Waals surface area contributed by atoms with E-state index in [1.165, 1.54) is 17.0 Å². The third-order valence-electron chi connectivity index (χ3n) is 5.16. The molecule has 3 rings (SSSR count). The molecule has 2 aliphatic rings. The molecule has 9 heteroatoms. The highest BCUT2D eigenvalue weighted by atomic mass is 35.5. The van der Waals surface area contributed by atoms with Gasteiger partial charge < -0.3 is 25.8 Å². The van der Waals surface area contributed by atoms with Crippen LogP contribution in [-0.2, 0) is 4.79 Å². The van der Waals surface area contributed by atoms with Crippen LogP contribution in [0.15, 0.2) is 18.2 Å². The highest BCUT2D eigenvalue weighted by molar-refractivity contribution is 5.97. The number of amides is 2. The lowest BCUT2D eigenvalue weighted by Gasteiger charge is -2.46. The minimum absolute atomic E-state index is 0. The number of nitrogens with zero attached hydrogens (tertiary/aromatic N) is 1. The van der Waals surface area contributed by atoms with Crippen LogP contribution < -0.4 is 15.8 Å². The van der Waals surface area contributed by atoms with Crippen LogP contribution in [0.5, 0.6) is 5.75 Å². The molecule has 2 fully saturated rings. The van der Waals surface area contributed by atoms with Crippen molar-refractivity contribution < 1.29 is 23.8 Å². The maximum absolute atomic E-state index is 13.7. The maximum atomic E-state index is 13.7. The van der Waals surface area contributed by atoms with Crippen LogP contribution in [0.3, 0.4) is 0 Å². The van der Waals surface area contributed by atoms with Gasteiger partial charge in [-0.15, -0.1) is 12.4 Å². The summed E-state index contributed by atoms with van der Waals surface area (Å²) in [7, 11) is 0. The number of nitrogens with one attached hydrogen (secondary N) is 1. The third kappa shape index (κ3) is 4.17. The number of hydrogen-bond donors (Lipinski definition) is 3. The Balaban J connectivity index is 0.00000261. The summed E-state index contributed by atoms with van der Waals surface area (Å²) in [6, 6.07) is 3.76. The lowest BCUT2D eigenvalue weighted by atomic mass is 9.71. The van der Waals surface area contributed by atoms with Crippen molar-refractivity contribution in [2.45, 2.75) is 25.4 Å². The molecule has 0 aromatic heterocycles. The SMILES string of the molecule is Cl.NCCOc1ccc(F)cc1C(=O)N1CC[C@H](O)[C@@]2(CCCNC2=O)C1. The quantitative estimate of drug-likeness (QED) is 0.688. The van der Waals surface area contributed by atoms with Gasteiger partial charge in [0.15, 0.2) is 0 Å². The smallest absolute Gasteiger partial charge is 0.257 e. The fourth-order valence-electron chi connectivity index (χ4n) is 3.75. The molecular weight excluding hydrogens is 377 g/mol. The number of carbonyl (C=O) groups excluding carboxylic acids is 2. The van der Waals surface area contributed by atoms with E-state index in [-0.39, 0.29) is 49.3 Å². The van der Waals surface area contributed by atoms with Crippen LogP contribution in [0.2, 0.25) is 0 Å². The van der Waals surface area contributed by atoms with Crippen molar-refractivity contribution in [2.75, 3.05) is 32.8 Å². The number of likely N-dealkylation sites (tertiary alicyclic amines) is 1. The van der Waals surface area contributed by atoms with Gasteiger partial charge in [-0.3, -0.25) is 9.59 Å². The first-order chi connectivity index (χ1) is 12.5. The fourth-order valence-corrected chi connectivity index (χ4v) is 3.75. The molecule has 1 spiro atoms. The fraction of sp³-hybridized carbons (Fsp3) is 0.556. The van der Waals surface area contributed by atoms with Gasteiger partial charge in [0, 0.05) is 26.2 Å². The summed E-state index contributed by atoms with van der Waals surface area (Å²) < 4.78 is 19.2. The van der Waals surface area contributed by atoms with Crippen LogP contribution in [0.25, 0.3) is 0 Å². The molecule has 2 aliphatic heterocycles. The zero-order chi connectivity index (χ0) is 18.7. The lowest BCUT2D eigenvalue weighted by Crippen LogP contribution is -2.62. The number of hydrogen-bond acceptors (Lipinski definition) is 5. The summed E-state index contributed by atoms with van der Waals surface area (Å²) in [4.78, 5) is 27.0. The summed E-state index contributed by atoms with van der Waals surface area (Å²) in [6.07, 6.45) is 0.763. The Morgan fingerprint density at radius 1 is 1.48 bits per heavy atom. The number of ether oxygens (including phenoxy) is 1. The minimum atomic E-state index is -1.00. The van der Waals surface area contributed by atoms with Crippen LogP contribution in [0, 0.1) is 11.2 Å². The van der Waals surface area contributed by atoms with Gasteiger partial charge in [0.2, 0.25) is 5.91 Å². The topological polar surface area (TPSA) is 105 Å². The van der Waals surface area contributed by atoms with Crippen LogP contribution in [0.1, 0.15) is 29.6 Å². The molecule has 1 aromatic carbocycles. The highest BCUT2D eigenvalue weighted by Gasteiger charge is 2.50. The molecule has 4 N–H and O–H groups in total. The van der Waals surface area contributed by atoms with Crippen molar-refractivity contribution in [3.63, 3.8) is 0 Å². The van der Waals surface area contributed by atoms with Gasteiger partial charge in [0.1, 0.15) is 18.2 Å². The Hall–Kier alpha value is -1.90. The Labute approximate surface area is 163 Å². The molecule has 0 radical (unpaired) electrons. The van der Waals surface area contributed by atoms with E-state index in [2.05, 4.69) is 5.32 Å². The second-order valence-electron chi connectivity index (χ2n) is 6.82. The van der Waals surface area contributed by atoms with Crippen LogP contribution in [0.4, 0.5) is 4.39 Å².